The normalized spacial score (nSPS) is 23.9. The highest BCUT2D eigenvalue weighted by atomic mass is 19.1. The Morgan fingerprint density at radius 3 is 2.76 bits per heavy atom. The molecule has 0 bridgehead atoms. The SMILES string of the molecule is C[C@H](NC(=O)C1CCCN1C(=O)CNC(=O)c1ccc2cc(F)ccc2n1)c1ccccc1/C=C/C1C2COCC12. The molecule has 1 aromatic heterocycles. The Morgan fingerprint density at radius 2 is 1.93 bits per heavy atom. The lowest BCUT2D eigenvalue weighted by Gasteiger charge is -2.26. The molecule has 3 aromatic rings. The van der Waals surface area contributed by atoms with Crippen molar-refractivity contribution in [1.29, 1.82) is 0 Å². The first-order valence-corrected chi connectivity index (χ1v) is 14.2. The number of rotatable bonds is 8. The van der Waals surface area contributed by atoms with Gasteiger partial charge in [-0.25, -0.2) is 9.37 Å². The zero-order valence-electron chi connectivity index (χ0n) is 22.9. The summed E-state index contributed by atoms with van der Waals surface area (Å²) in [5.74, 6) is 0.432. The van der Waals surface area contributed by atoms with Gasteiger partial charge in [0.1, 0.15) is 17.6 Å². The Hall–Kier alpha value is -4.11. The van der Waals surface area contributed by atoms with Crippen LogP contribution < -0.4 is 10.6 Å². The van der Waals surface area contributed by atoms with Crippen molar-refractivity contribution < 1.29 is 23.5 Å². The van der Waals surface area contributed by atoms with Crippen LogP contribution in [0.3, 0.4) is 0 Å². The summed E-state index contributed by atoms with van der Waals surface area (Å²) in [5.41, 5.74) is 2.71. The molecular weight excluding hydrogens is 523 g/mol. The van der Waals surface area contributed by atoms with E-state index in [1.54, 1.807) is 11.0 Å². The number of hydrogen-bond acceptors (Lipinski definition) is 5. The Balaban J connectivity index is 1.05. The Labute approximate surface area is 238 Å². The van der Waals surface area contributed by atoms with E-state index in [9.17, 15) is 18.8 Å². The van der Waals surface area contributed by atoms with E-state index in [0.717, 1.165) is 24.3 Å². The summed E-state index contributed by atoms with van der Waals surface area (Å²) in [6, 6.07) is 14.4. The van der Waals surface area contributed by atoms with Gasteiger partial charge in [-0.15, -0.1) is 0 Å². The zero-order chi connectivity index (χ0) is 28.5. The minimum absolute atomic E-state index is 0.132. The van der Waals surface area contributed by atoms with Crippen LogP contribution in [0, 0.1) is 23.6 Å². The van der Waals surface area contributed by atoms with Crippen LogP contribution in [0.4, 0.5) is 4.39 Å². The lowest BCUT2D eigenvalue weighted by Crippen LogP contribution is -2.49. The highest BCUT2D eigenvalue weighted by Gasteiger charge is 2.52. The van der Waals surface area contributed by atoms with Gasteiger partial charge in [-0.2, -0.15) is 0 Å². The largest absolute Gasteiger partial charge is 0.381 e. The highest BCUT2D eigenvalue weighted by molar-refractivity contribution is 5.97. The predicted octanol–water partition coefficient (Wildman–Crippen LogP) is 3.88. The Bertz CT molecular complexity index is 1510. The quantitative estimate of drug-likeness (QED) is 0.439. The van der Waals surface area contributed by atoms with E-state index < -0.39 is 11.9 Å². The fraction of sp³-hybridized carbons (Fsp3) is 0.375. The summed E-state index contributed by atoms with van der Waals surface area (Å²) < 4.78 is 18.9. The monoisotopic (exact) mass is 556 g/mol. The highest BCUT2D eigenvalue weighted by Crippen LogP contribution is 2.51. The smallest absolute Gasteiger partial charge is 0.270 e. The van der Waals surface area contributed by atoms with E-state index in [2.05, 4.69) is 33.8 Å². The number of ether oxygens (including phenoxy) is 1. The van der Waals surface area contributed by atoms with Crippen molar-refractivity contribution in [3.63, 3.8) is 0 Å². The first kappa shape index (κ1) is 27.1. The first-order chi connectivity index (χ1) is 19.9. The van der Waals surface area contributed by atoms with Gasteiger partial charge in [0.15, 0.2) is 0 Å². The molecule has 6 rings (SSSR count). The summed E-state index contributed by atoms with van der Waals surface area (Å²) in [6.45, 7) is 3.85. The van der Waals surface area contributed by atoms with E-state index >= 15 is 0 Å². The molecule has 3 aliphatic rings. The minimum Gasteiger partial charge on any atom is -0.381 e. The summed E-state index contributed by atoms with van der Waals surface area (Å²) in [6.07, 6.45) is 5.69. The van der Waals surface area contributed by atoms with Gasteiger partial charge >= 0.3 is 0 Å². The van der Waals surface area contributed by atoms with Gasteiger partial charge in [0.2, 0.25) is 11.8 Å². The van der Waals surface area contributed by atoms with Crippen molar-refractivity contribution >= 4 is 34.7 Å². The molecule has 212 valence electrons. The van der Waals surface area contributed by atoms with E-state index in [-0.39, 0.29) is 35.9 Å². The van der Waals surface area contributed by atoms with E-state index in [1.807, 2.05) is 25.1 Å². The molecule has 3 heterocycles. The molecule has 3 unspecified atom stereocenters. The van der Waals surface area contributed by atoms with Gasteiger partial charge in [-0.1, -0.05) is 42.5 Å². The Morgan fingerprint density at radius 1 is 1.12 bits per heavy atom. The van der Waals surface area contributed by atoms with Crippen molar-refractivity contribution in [2.24, 2.45) is 17.8 Å². The second-order valence-corrected chi connectivity index (χ2v) is 11.1. The Kier molecular flexibility index (Phi) is 7.53. The average Bonchev–Trinajstić information content (AvgIpc) is 3.33. The number of hydrogen-bond donors (Lipinski definition) is 2. The fourth-order valence-electron chi connectivity index (χ4n) is 6.14. The lowest BCUT2D eigenvalue weighted by molar-refractivity contribution is -0.137. The molecule has 3 fully saturated rings. The number of nitrogens with zero attached hydrogens (tertiary/aromatic N) is 2. The van der Waals surface area contributed by atoms with E-state index in [0.29, 0.717) is 48.0 Å². The number of amides is 3. The van der Waals surface area contributed by atoms with E-state index in [4.69, 9.17) is 4.74 Å². The molecule has 0 radical (unpaired) electrons. The van der Waals surface area contributed by atoms with Crippen LogP contribution in [0.1, 0.15) is 47.4 Å². The molecule has 2 N–H and O–H groups in total. The first-order valence-electron chi connectivity index (χ1n) is 14.2. The third-order valence-electron chi connectivity index (χ3n) is 8.50. The topological polar surface area (TPSA) is 101 Å². The maximum Gasteiger partial charge on any atom is 0.270 e. The molecule has 0 spiro atoms. The maximum absolute atomic E-state index is 13.4. The molecule has 41 heavy (non-hydrogen) atoms. The standard InChI is InChI=1S/C32H33FN4O4/c1-19(23-6-3-2-5-20(23)8-11-24-25-17-41-18-26(24)25)35-32(40)29-7-4-14-37(29)30(38)16-34-31(39)28-12-9-21-15-22(33)10-13-27(21)36-28/h2-3,5-6,8-13,15,19,24-26,29H,4,7,14,16-18H2,1H3,(H,34,39)(H,35,40)/b11-8+/t19-,24?,25?,26?,29?/m0/s1. The molecule has 2 saturated heterocycles. The van der Waals surface area contributed by atoms with Gasteiger partial charge in [0.05, 0.1) is 31.3 Å². The average molecular weight is 557 g/mol. The number of nitrogens with one attached hydrogen (secondary N) is 2. The van der Waals surface area contributed by atoms with Crippen molar-refractivity contribution in [3.8, 4) is 0 Å². The van der Waals surface area contributed by atoms with Gasteiger partial charge in [0.25, 0.3) is 5.91 Å². The van der Waals surface area contributed by atoms with Gasteiger partial charge in [-0.05, 0) is 72.9 Å². The fourth-order valence-corrected chi connectivity index (χ4v) is 6.14. The second kappa shape index (κ2) is 11.4. The summed E-state index contributed by atoms with van der Waals surface area (Å²) >= 11 is 0. The lowest BCUT2D eigenvalue weighted by atomic mass is 10.00. The van der Waals surface area contributed by atoms with Crippen LogP contribution in [0.5, 0.6) is 0 Å². The number of aromatic nitrogens is 1. The third kappa shape index (κ3) is 5.72. The van der Waals surface area contributed by atoms with Crippen LogP contribution in [0.25, 0.3) is 17.0 Å². The molecule has 2 aliphatic heterocycles. The minimum atomic E-state index is -0.593. The number of likely N-dealkylation sites (tertiary alicyclic amines) is 1. The zero-order valence-corrected chi connectivity index (χ0v) is 22.9. The summed E-state index contributed by atoms with van der Waals surface area (Å²) in [5, 5.41) is 6.30. The molecule has 9 heteroatoms. The second-order valence-electron chi connectivity index (χ2n) is 11.1. The van der Waals surface area contributed by atoms with Gasteiger partial charge < -0.3 is 20.3 Å². The predicted molar refractivity (Wildman–Crippen MR) is 152 cm³/mol. The van der Waals surface area contributed by atoms with Gasteiger partial charge in [0, 0.05) is 11.9 Å². The van der Waals surface area contributed by atoms with Crippen molar-refractivity contribution in [2.75, 3.05) is 26.3 Å². The maximum atomic E-state index is 13.4. The summed E-state index contributed by atoms with van der Waals surface area (Å²) in [7, 11) is 0. The molecule has 8 nitrogen and oxygen atoms in total. The molecule has 4 atom stereocenters. The number of allylic oxidation sites excluding steroid dienone is 1. The van der Waals surface area contributed by atoms with Crippen LogP contribution in [0.2, 0.25) is 0 Å². The molecule has 2 aromatic carbocycles. The number of carbonyl (C=O) groups is 3. The van der Waals surface area contributed by atoms with Crippen molar-refractivity contribution in [3.05, 3.63) is 83.3 Å². The van der Waals surface area contributed by atoms with Crippen LogP contribution in [0.15, 0.2) is 60.7 Å². The van der Waals surface area contributed by atoms with E-state index in [1.165, 1.54) is 24.3 Å². The number of pyridine rings is 1. The summed E-state index contributed by atoms with van der Waals surface area (Å²) in [4.78, 5) is 44.8. The number of halogens is 1. The third-order valence-corrected chi connectivity index (χ3v) is 8.50. The number of carbonyl (C=O) groups excluding carboxylic acids is 3. The van der Waals surface area contributed by atoms with Crippen LogP contribution in [-0.4, -0.2) is 60.0 Å². The molecule has 1 saturated carbocycles. The van der Waals surface area contributed by atoms with Crippen molar-refractivity contribution in [1.82, 2.24) is 20.5 Å². The molecular formula is C32H33FN4O4. The number of benzene rings is 2. The molecule has 1 aliphatic carbocycles. The molecule has 3 amide bonds. The van der Waals surface area contributed by atoms with Crippen LogP contribution in [-0.2, 0) is 14.3 Å². The number of fused-ring (bicyclic) bond motifs is 2. The van der Waals surface area contributed by atoms with Crippen LogP contribution >= 0.6 is 0 Å². The van der Waals surface area contributed by atoms with Gasteiger partial charge in [-0.3, -0.25) is 14.4 Å². The van der Waals surface area contributed by atoms with Crippen molar-refractivity contribution in [2.45, 2.75) is 31.8 Å².